The lowest BCUT2D eigenvalue weighted by Gasteiger charge is -2.21. The molecule has 1 rings (SSSR count). The highest BCUT2D eigenvalue weighted by atomic mass is 16.3. The van der Waals surface area contributed by atoms with Crippen molar-refractivity contribution in [2.24, 2.45) is 0 Å². The topological polar surface area (TPSA) is 35.5 Å². The molecule has 2 unspecified atom stereocenters. The van der Waals surface area contributed by atoms with E-state index in [0.717, 1.165) is 19.5 Å². The molecule has 0 bridgehead atoms. The average Bonchev–Trinajstić information content (AvgIpc) is 2.66. The number of nitrogens with one attached hydrogen (secondary N) is 1. The van der Waals surface area contributed by atoms with E-state index >= 15 is 0 Å². The standard InChI is InChI=1S/C11H24N2O/c1-3-10(2)12-8-11(14)9-13-6-4-5-7-13/h10-12,14H,3-9H2,1-2H3. The number of hydrogen-bond acceptors (Lipinski definition) is 3. The van der Waals surface area contributed by atoms with Crippen molar-refractivity contribution in [2.45, 2.75) is 45.3 Å². The molecule has 1 heterocycles. The highest BCUT2D eigenvalue weighted by Crippen LogP contribution is 2.07. The summed E-state index contributed by atoms with van der Waals surface area (Å²) in [6.45, 7) is 8.21. The molecule has 3 nitrogen and oxygen atoms in total. The molecule has 0 aromatic heterocycles. The fourth-order valence-electron chi connectivity index (χ4n) is 1.81. The number of rotatable bonds is 6. The Labute approximate surface area is 87.5 Å². The summed E-state index contributed by atoms with van der Waals surface area (Å²) in [5.41, 5.74) is 0. The van der Waals surface area contributed by atoms with Crippen molar-refractivity contribution in [1.29, 1.82) is 0 Å². The Bertz CT molecular complexity index is 146. The third kappa shape index (κ3) is 4.40. The number of β-amino-alcohol motifs (C(OH)–C–C–N with tert-alkyl or cyclic N) is 1. The number of likely N-dealkylation sites (tertiary alicyclic amines) is 1. The molecule has 0 spiro atoms. The summed E-state index contributed by atoms with van der Waals surface area (Å²) in [7, 11) is 0. The molecule has 0 aromatic carbocycles. The Morgan fingerprint density at radius 3 is 2.57 bits per heavy atom. The third-order valence-electron chi connectivity index (χ3n) is 2.98. The van der Waals surface area contributed by atoms with E-state index in [4.69, 9.17) is 0 Å². The van der Waals surface area contributed by atoms with Gasteiger partial charge in [-0.1, -0.05) is 6.92 Å². The minimum atomic E-state index is -0.206. The SMILES string of the molecule is CCC(C)NCC(O)CN1CCCC1. The molecule has 0 radical (unpaired) electrons. The molecule has 84 valence electrons. The van der Waals surface area contributed by atoms with Gasteiger partial charge in [0.05, 0.1) is 6.10 Å². The van der Waals surface area contributed by atoms with E-state index in [1.165, 1.54) is 25.9 Å². The molecule has 14 heavy (non-hydrogen) atoms. The van der Waals surface area contributed by atoms with Crippen LogP contribution in [0.2, 0.25) is 0 Å². The Morgan fingerprint density at radius 2 is 2.00 bits per heavy atom. The molecule has 2 N–H and O–H groups in total. The zero-order chi connectivity index (χ0) is 10.4. The first-order chi connectivity index (χ1) is 6.72. The van der Waals surface area contributed by atoms with Gasteiger partial charge >= 0.3 is 0 Å². The van der Waals surface area contributed by atoms with Gasteiger partial charge in [0.15, 0.2) is 0 Å². The van der Waals surface area contributed by atoms with Crippen LogP contribution in [0.15, 0.2) is 0 Å². The van der Waals surface area contributed by atoms with Crippen LogP contribution >= 0.6 is 0 Å². The number of aliphatic hydroxyl groups excluding tert-OH is 1. The molecule has 3 heteroatoms. The van der Waals surface area contributed by atoms with Crippen LogP contribution in [0.4, 0.5) is 0 Å². The zero-order valence-corrected chi connectivity index (χ0v) is 9.50. The van der Waals surface area contributed by atoms with Crippen LogP contribution in [0, 0.1) is 0 Å². The second kappa shape index (κ2) is 6.38. The summed E-state index contributed by atoms with van der Waals surface area (Å²) in [5.74, 6) is 0. The second-order valence-electron chi connectivity index (χ2n) is 4.38. The summed E-state index contributed by atoms with van der Waals surface area (Å²) >= 11 is 0. The van der Waals surface area contributed by atoms with Crippen molar-refractivity contribution in [3.05, 3.63) is 0 Å². The molecular formula is C11H24N2O. The predicted molar refractivity (Wildman–Crippen MR) is 59.4 cm³/mol. The minimum Gasteiger partial charge on any atom is -0.390 e. The lowest BCUT2D eigenvalue weighted by molar-refractivity contribution is 0.121. The van der Waals surface area contributed by atoms with E-state index in [2.05, 4.69) is 24.1 Å². The molecule has 1 saturated heterocycles. The van der Waals surface area contributed by atoms with Crippen LogP contribution in [-0.4, -0.2) is 48.3 Å². The predicted octanol–water partition coefficient (Wildman–Crippen LogP) is 0.831. The molecule has 0 aromatic rings. The van der Waals surface area contributed by atoms with E-state index in [1.54, 1.807) is 0 Å². The van der Waals surface area contributed by atoms with E-state index in [1.807, 2.05) is 0 Å². The van der Waals surface area contributed by atoms with E-state index in [9.17, 15) is 5.11 Å². The first-order valence-electron chi connectivity index (χ1n) is 5.86. The summed E-state index contributed by atoms with van der Waals surface area (Å²) < 4.78 is 0. The molecule has 2 atom stereocenters. The Balaban J connectivity index is 2.05. The molecule has 1 fully saturated rings. The highest BCUT2D eigenvalue weighted by Gasteiger charge is 2.15. The quantitative estimate of drug-likeness (QED) is 0.667. The normalized spacial score (nSPS) is 22.5. The highest BCUT2D eigenvalue weighted by molar-refractivity contribution is 4.72. The fourth-order valence-corrected chi connectivity index (χ4v) is 1.81. The minimum absolute atomic E-state index is 0.206. The van der Waals surface area contributed by atoms with Crippen LogP contribution < -0.4 is 5.32 Å². The van der Waals surface area contributed by atoms with E-state index in [-0.39, 0.29) is 6.10 Å². The molecule has 0 saturated carbocycles. The van der Waals surface area contributed by atoms with E-state index < -0.39 is 0 Å². The van der Waals surface area contributed by atoms with Gasteiger partial charge in [0.1, 0.15) is 0 Å². The number of nitrogens with zero attached hydrogens (tertiary/aromatic N) is 1. The van der Waals surface area contributed by atoms with Crippen molar-refractivity contribution in [3.63, 3.8) is 0 Å². The van der Waals surface area contributed by atoms with Crippen LogP contribution in [-0.2, 0) is 0 Å². The fraction of sp³-hybridized carbons (Fsp3) is 1.00. The molecule has 1 aliphatic rings. The average molecular weight is 200 g/mol. The van der Waals surface area contributed by atoms with Crippen molar-refractivity contribution < 1.29 is 5.11 Å². The van der Waals surface area contributed by atoms with Crippen LogP contribution in [0.1, 0.15) is 33.1 Å². The van der Waals surface area contributed by atoms with Crippen LogP contribution in [0.5, 0.6) is 0 Å². The number of aliphatic hydroxyl groups is 1. The van der Waals surface area contributed by atoms with E-state index in [0.29, 0.717) is 6.04 Å². The van der Waals surface area contributed by atoms with Gasteiger partial charge in [-0.05, 0) is 39.3 Å². The van der Waals surface area contributed by atoms with Crippen molar-refractivity contribution in [1.82, 2.24) is 10.2 Å². The number of hydrogen-bond donors (Lipinski definition) is 2. The maximum atomic E-state index is 9.75. The summed E-state index contributed by atoms with van der Waals surface area (Å²) in [4.78, 5) is 2.35. The second-order valence-corrected chi connectivity index (χ2v) is 4.38. The van der Waals surface area contributed by atoms with Gasteiger partial charge in [0, 0.05) is 19.1 Å². The first-order valence-corrected chi connectivity index (χ1v) is 5.86. The largest absolute Gasteiger partial charge is 0.390 e. The van der Waals surface area contributed by atoms with Crippen LogP contribution in [0.25, 0.3) is 0 Å². The monoisotopic (exact) mass is 200 g/mol. The molecule has 0 amide bonds. The van der Waals surface area contributed by atoms with Gasteiger partial charge in [-0.2, -0.15) is 0 Å². The molecule has 0 aliphatic carbocycles. The smallest absolute Gasteiger partial charge is 0.0791 e. The van der Waals surface area contributed by atoms with Crippen LogP contribution in [0.3, 0.4) is 0 Å². The van der Waals surface area contributed by atoms with Gasteiger partial charge in [0.25, 0.3) is 0 Å². The van der Waals surface area contributed by atoms with Gasteiger partial charge in [0.2, 0.25) is 0 Å². The Hall–Kier alpha value is -0.120. The molecule has 1 aliphatic heterocycles. The summed E-state index contributed by atoms with van der Waals surface area (Å²) in [5, 5.41) is 13.1. The van der Waals surface area contributed by atoms with Gasteiger partial charge in [-0.25, -0.2) is 0 Å². The maximum Gasteiger partial charge on any atom is 0.0791 e. The Morgan fingerprint density at radius 1 is 1.36 bits per heavy atom. The van der Waals surface area contributed by atoms with Gasteiger partial charge < -0.3 is 15.3 Å². The lowest BCUT2D eigenvalue weighted by atomic mass is 10.2. The first kappa shape index (κ1) is 12.0. The van der Waals surface area contributed by atoms with Crippen molar-refractivity contribution in [3.8, 4) is 0 Å². The molecular weight excluding hydrogens is 176 g/mol. The zero-order valence-electron chi connectivity index (χ0n) is 9.50. The van der Waals surface area contributed by atoms with Gasteiger partial charge in [-0.3, -0.25) is 0 Å². The Kier molecular flexibility index (Phi) is 5.45. The summed E-state index contributed by atoms with van der Waals surface area (Å²) in [6.07, 6.45) is 3.51. The lowest BCUT2D eigenvalue weighted by Crippen LogP contribution is -2.39. The van der Waals surface area contributed by atoms with Crippen molar-refractivity contribution in [2.75, 3.05) is 26.2 Å². The third-order valence-corrected chi connectivity index (χ3v) is 2.98. The maximum absolute atomic E-state index is 9.75. The summed E-state index contributed by atoms with van der Waals surface area (Å²) in [6, 6.07) is 0.517. The van der Waals surface area contributed by atoms with Crippen molar-refractivity contribution >= 4 is 0 Å². The van der Waals surface area contributed by atoms with Gasteiger partial charge in [-0.15, -0.1) is 0 Å².